The number of halogens is 1. The highest BCUT2D eigenvalue weighted by molar-refractivity contribution is 7.85. The minimum Gasteiger partial charge on any atom is -0.330 e. The van der Waals surface area contributed by atoms with E-state index in [4.69, 9.17) is 5.73 Å². The first-order valence-corrected chi connectivity index (χ1v) is 5.63. The fourth-order valence-corrected chi connectivity index (χ4v) is 1.26. The molecule has 0 fully saturated rings. The summed E-state index contributed by atoms with van der Waals surface area (Å²) >= 11 is 0. The molecule has 82 valence electrons. The molecule has 0 aromatic rings. The fraction of sp³-hybridized carbons (Fsp3) is 1.00. The largest absolute Gasteiger partial charge is 0.330 e. The Morgan fingerprint density at radius 1 is 1.38 bits per heavy atom. The van der Waals surface area contributed by atoms with Crippen molar-refractivity contribution in [2.45, 2.75) is 20.3 Å². The van der Waals surface area contributed by atoms with E-state index in [9.17, 15) is 8.42 Å². The zero-order chi connectivity index (χ0) is 9.83. The lowest BCUT2D eigenvalue weighted by Gasteiger charge is -2.22. The number of nitrogens with two attached hydrogens (primary N) is 1. The lowest BCUT2D eigenvalue weighted by Crippen LogP contribution is -2.24. The van der Waals surface area contributed by atoms with E-state index in [1.54, 1.807) is 0 Å². The third-order valence-corrected chi connectivity index (χ3v) is 2.03. The zero-order valence-corrected chi connectivity index (χ0v) is 9.87. The van der Waals surface area contributed by atoms with Crippen molar-refractivity contribution in [2.75, 3.05) is 19.4 Å². The van der Waals surface area contributed by atoms with Gasteiger partial charge in [0.05, 0.1) is 12.9 Å². The second-order valence-corrected chi connectivity index (χ2v) is 5.31. The van der Waals surface area contributed by atoms with Gasteiger partial charge in [0.1, 0.15) is 0 Å². The van der Waals surface area contributed by atoms with Gasteiger partial charge < -0.3 is 5.73 Å². The van der Waals surface area contributed by atoms with E-state index in [0.717, 1.165) is 12.7 Å². The third kappa shape index (κ3) is 10.1. The predicted octanol–water partition coefficient (Wildman–Crippen LogP) is 0.759. The summed E-state index contributed by atoms with van der Waals surface area (Å²) in [7, 11) is -3.32. The Bertz CT molecular complexity index is 226. The van der Waals surface area contributed by atoms with Gasteiger partial charge in [0.2, 0.25) is 0 Å². The van der Waals surface area contributed by atoms with Crippen LogP contribution in [0.15, 0.2) is 0 Å². The maximum atomic E-state index is 10.6. The molecule has 0 aromatic carbocycles. The molecule has 0 saturated heterocycles. The smallest absolute Gasteiger partial charge is 0.264 e. The van der Waals surface area contributed by atoms with Crippen LogP contribution in [0.1, 0.15) is 20.3 Å². The maximum absolute atomic E-state index is 10.6. The monoisotopic (exact) mass is 231 g/mol. The molecule has 13 heavy (non-hydrogen) atoms. The van der Waals surface area contributed by atoms with Crippen molar-refractivity contribution in [3.8, 4) is 0 Å². The number of rotatable bonds is 5. The number of hydrogen-bond acceptors (Lipinski definition) is 4. The highest BCUT2D eigenvalue weighted by Crippen LogP contribution is 2.20. The molecule has 0 rings (SSSR count). The molecule has 0 aromatic heterocycles. The summed E-state index contributed by atoms with van der Waals surface area (Å²) < 4.78 is 25.9. The molecule has 0 amide bonds. The molecular formula is C7H18ClNO3S. The van der Waals surface area contributed by atoms with E-state index in [0.29, 0.717) is 6.54 Å². The second kappa shape index (κ2) is 5.80. The third-order valence-electron chi connectivity index (χ3n) is 1.48. The van der Waals surface area contributed by atoms with Crippen LogP contribution in [-0.2, 0) is 14.3 Å². The second-order valence-electron chi connectivity index (χ2n) is 3.67. The SMILES string of the molecule is CC(C)(CCN)COS(C)(=O)=O.Cl. The fourth-order valence-electron chi connectivity index (χ4n) is 0.729. The summed E-state index contributed by atoms with van der Waals surface area (Å²) in [6, 6.07) is 0. The lowest BCUT2D eigenvalue weighted by atomic mass is 9.91. The molecule has 0 aliphatic carbocycles. The van der Waals surface area contributed by atoms with E-state index >= 15 is 0 Å². The molecule has 0 atom stereocenters. The molecule has 0 heterocycles. The molecule has 0 aliphatic heterocycles. The average molecular weight is 232 g/mol. The Morgan fingerprint density at radius 3 is 2.15 bits per heavy atom. The molecule has 2 N–H and O–H groups in total. The summed E-state index contributed by atoms with van der Waals surface area (Å²) in [4.78, 5) is 0. The van der Waals surface area contributed by atoms with Crippen molar-refractivity contribution in [1.82, 2.24) is 0 Å². The summed E-state index contributed by atoms with van der Waals surface area (Å²) in [5.41, 5.74) is 5.18. The van der Waals surface area contributed by atoms with Crippen LogP contribution in [0, 0.1) is 5.41 Å². The van der Waals surface area contributed by atoms with Gasteiger partial charge in [-0.2, -0.15) is 8.42 Å². The Balaban J connectivity index is 0. The van der Waals surface area contributed by atoms with E-state index in [1.165, 1.54) is 0 Å². The lowest BCUT2D eigenvalue weighted by molar-refractivity contribution is 0.179. The molecule has 0 radical (unpaired) electrons. The van der Waals surface area contributed by atoms with Gasteiger partial charge in [-0.1, -0.05) is 13.8 Å². The summed E-state index contributed by atoms with van der Waals surface area (Å²) in [5, 5.41) is 0. The normalized spacial score (nSPS) is 12.3. The van der Waals surface area contributed by atoms with E-state index in [2.05, 4.69) is 4.18 Å². The Morgan fingerprint density at radius 2 is 1.85 bits per heavy atom. The first kappa shape index (κ1) is 15.6. The Labute approximate surface area is 86.4 Å². The molecule has 6 heteroatoms. The Hall–Kier alpha value is 0.160. The van der Waals surface area contributed by atoms with Crippen molar-refractivity contribution < 1.29 is 12.6 Å². The first-order chi connectivity index (χ1) is 5.27. The molecule has 0 bridgehead atoms. The maximum Gasteiger partial charge on any atom is 0.264 e. The van der Waals surface area contributed by atoms with Gasteiger partial charge in [-0.05, 0) is 18.4 Å². The van der Waals surface area contributed by atoms with Crippen LogP contribution in [0.25, 0.3) is 0 Å². The molecule has 0 unspecified atom stereocenters. The van der Waals surface area contributed by atoms with Gasteiger partial charge in [0.15, 0.2) is 0 Å². The van der Waals surface area contributed by atoms with Gasteiger partial charge in [0.25, 0.3) is 10.1 Å². The minimum atomic E-state index is -3.32. The quantitative estimate of drug-likeness (QED) is 0.710. The van der Waals surface area contributed by atoms with Gasteiger partial charge in [-0.15, -0.1) is 12.4 Å². The van der Waals surface area contributed by atoms with Crippen LogP contribution in [-0.4, -0.2) is 27.8 Å². The van der Waals surface area contributed by atoms with E-state index in [1.807, 2.05) is 13.8 Å². The summed E-state index contributed by atoms with van der Waals surface area (Å²) in [5.74, 6) is 0. The van der Waals surface area contributed by atoms with Crippen LogP contribution in [0.3, 0.4) is 0 Å². The van der Waals surface area contributed by atoms with Crippen molar-refractivity contribution in [3.05, 3.63) is 0 Å². The van der Waals surface area contributed by atoms with Gasteiger partial charge >= 0.3 is 0 Å². The number of hydrogen-bond donors (Lipinski definition) is 1. The molecular weight excluding hydrogens is 214 g/mol. The van der Waals surface area contributed by atoms with Crippen molar-refractivity contribution in [3.63, 3.8) is 0 Å². The molecule has 0 spiro atoms. The minimum absolute atomic E-state index is 0. The van der Waals surface area contributed by atoms with Gasteiger partial charge in [0, 0.05) is 0 Å². The first-order valence-electron chi connectivity index (χ1n) is 3.81. The van der Waals surface area contributed by atoms with E-state index < -0.39 is 10.1 Å². The predicted molar refractivity (Wildman–Crippen MR) is 55.5 cm³/mol. The van der Waals surface area contributed by atoms with Crippen LogP contribution in [0.2, 0.25) is 0 Å². The Kier molecular flexibility index (Phi) is 6.97. The zero-order valence-electron chi connectivity index (χ0n) is 8.24. The molecule has 0 saturated carbocycles. The van der Waals surface area contributed by atoms with Crippen molar-refractivity contribution in [1.29, 1.82) is 0 Å². The molecule has 0 aliphatic rings. The summed E-state index contributed by atoms with van der Waals surface area (Å²) in [6.45, 7) is 4.58. The van der Waals surface area contributed by atoms with Gasteiger partial charge in [-0.3, -0.25) is 4.18 Å². The highest BCUT2D eigenvalue weighted by atomic mass is 35.5. The molecule has 4 nitrogen and oxygen atoms in total. The van der Waals surface area contributed by atoms with Crippen LogP contribution >= 0.6 is 12.4 Å². The average Bonchev–Trinajstić information content (AvgIpc) is 1.83. The van der Waals surface area contributed by atoms with Crippen molar-refractivity contribution in [2.24, 2.45) is 11.1 Å². The highest BCUT2D eigenvalue weighted by Gasteiger charge is 2.19. The van der Waals surface area contributed by atoms with Crippen LogP contribution in [0.5, 0.6) is 0 Å². The standard InChI is InChI=1S/C7H17NO3S.ClH/c1-7(2,4-5-8)6-11-12(3,9)10;/h4-6,8H2,1-3H3;1H. The van der Waals surface area contributed by atoms with Gasteiger partial charge in [-0.25, -0.2) is 0 Å². The van der Waals surface area contributed by atoms with E-state index in [-0.39, 0.29) is 24.4 Å². The van der Waals surface area contributed by atoms with Crippen molar-refractivity contribution >= 4 is 22.5 Å². The van der Waals surface area contributed by atoms with Crippen LogP contribution < -0.4 is 5.73 Å². The summed E-state index contributed by atoms with van der Waals surface area (Å²) in [6.07, 6.45) is 1.80. The topological polar surface area (TPSA) is 69.4 Å². The van der Waals surface area contributed by atoms with Crippen LogP contribution in [0.4, 0.5) is 0 Å².